The summed E-state index contributed by atoms with van der Waals surface area (Å²) in [5.41, 5.74) is -0.611. The van der Waals surface area contributed by atoms with Gasteiger partial charge in [0.05, 0.1) is 0 Å². The zero-order chi connectivity index (χ0) is 9.35. The molecule has 0 unspecified atom stereocenters. The summed E-state index contributed by atoms with van der Waals surface area (Å²) in [5.74, 6) is 0. The van der Waals surface area contributed by atoms with E-state index in [0.717, 1.165) is 4.57 Å². The fourth-order valence-electron chi connectivity index (χ4n) is 0.789. The van der Waals surface area contributed by atoms with Crippen LogP contribution in [-0.2, 0) is 17.1 Å². The first-order chi connectivity index (χ1) is 5.43. The Morgan fingerprint density at radius 3 is 2.50 bits per heavy atom. The zero-order valence-corrected chi connectivity index (χ0v) is 7.21. The van der Waals surface area contributed by atoms with Gasteiger partial charge in [0.1, 0.15) is 4.90 Å². The first kappa shape index (κ1) is 8.95. The van der Waals surface area contributed by atoms with Crippen molar-refractivity contribution >= 4 is 10.0 Å². The third kappa shape index (κ3) is 1.54. The zero-order valence-electron chi connectivity index (χ0n) is 6.39. The van der Waals surface area contributed by atoms with Crippen LogP contribution < -0.4 is 10.7 Å². The second-order valence-corrected chi connectivity index (χ2v) is 3.86. The molecule has 0 amide bonds. The fourth-order valence-corrected chi connectivity index (χ4v) is 1.44. The summed E-state index contributed by atoms with van der Waals surface area (Å²) in [6.07, 6.45) is 1.46. The molecule has 0 fully saturated rings. The minimum absolute atomic E-state index is 0.382. The Hall–Kier alpha value is -1.14. The average molecular weight is 188 g/mol. The van der Waals surface area contributed by atoms with E-state index in [1.807, 2.05) is 0 Å². The predicted octanol–water partition coefficient (Wildman–Crippen LogP) is -0.967. The van der Waals surface area contributed by atoms with Gasteiger partial charge in [-0.05, 0) is 12.1 Å². The van der Waals surface area contributed by atoms with Crippen LogP contribution in [0, 0.1) is 0 Å². The van der Waals surface area contributed by atoms with E-state index in [9.17, 15) is 13.2 Å². The molecule has 5 nitrogen and oxygen atoms in total. The maximum absolute atomic E-state index is 11.1. The lowest BCUT2D eigenvalue weighted by atomic mass is 10.5. The molecular weight excluding hydrogens is 180 g/mol. The Kier molecular flexibility index (Phi) is 2.03. The summed E-state index contributed by atoms with van der Waals surface area (Å²) in [6.45, 7) is 0. The largest absolute Gasteiger partial charge is 0.317 e. The second kappa shape index (κ2) is 2.72. The molecule has 66 valence electrons. The van der Waals surface area contributed by atoms with Crippen LogP contribution in [0.3, 0.4) is 0 Å². The van der Waals surface area contributed by atoms with E-state index < -0.39 is 15.6 Å². The molecule has 0 aliphatic heterocycles. The molecule has 0 saturated heterocycles. The molecular formula is C6H8N2O3S. The van der Waals surface area contributed by atoms with Crippen LogP contribution in [-0.4, -0.2) is 13.0 Å². The predicted molar refractivity (Wildman–Crippen MR) is 43.1 cm³/mol. The van der Waals surface area contributed by atoms with Crippen LogP contribution in [0.2, 0.25) is 0 Å². The van der Waals surface area contributed by atoms with Gasteiger partial charge < -0.3 is 4.57 Å². The fraction of sp³-hybridized carbons (Fsp3) is 0.167. The first-order valence-electron chi connectivity index (χ1n) is 3.11. The number of primary sulfonamides is 1. The maximum atomic E-state index is 11.1. The Labute approximate surface area is 69.5 Å². The van der Waals surface area contributed by atoms with Crippen LogP contribution in [0.4, 0.5) is 0 Å². The van der Waals surface area contributed by atoms with Crippen molar-refractivity contribution in [1.29, 1.82) is 0 Å². The van der Waals surface area contributed by atoms with Gasteiger partial charge in [-0.3, -0.25) is 4.79 Å². The topological polar surface area (TPSA) is 82.2 Å². The van der Waals surface area contributed by atoms with Crippen molar-refractivity contribution in [3.63, 3.8) is 0 Å². The molecule has 1 heterocycles. The number of pyridine rings is 1. The van der Waals surface area contributed by atoms with Crippen LogP contribution in [0.15, 0.2) is 28.0 Å². The second-order valence-electron chi connectivity index (χ2n) is 2.33. The minimum Gasteiger partial charge on any atom is -0.317 e. The summed E-state index contributed by atoms with van der Waals surface area (Å²) < 4.78 is 22.7. The summed E-state index contributed by atoms with van der Waals surface area (Å²) in [6, 6.07) is 2.62. The Morgan fingerprint density at radius 2 is 2.08 bits per heavy atom. The highest BCUT2D eigenvalue weighted by atomic mass is 32.2. The van der Waals surface area contributed by atoms with E-state index in [1.165, 1.54) is 25.4 Å². The molecule has 0 aliphatic carbocycles. The summed E-state index contributed by atoms with van der Waals surface area (Å²) in [5, 5.41) is 4.79. The van der Waals surface area contributed by atoms with E-state index in [1.54, 1.807) is 0 Å². The number of aromatic nitrogens is 1. The molecule has 0 saturated carbocycles. The molecule has 1 rings (SSSR count). The summed E-state index contributed by atoms with van der Waals surface area (Å²) in [7, 11) is -2.43. The van der Waals surface area contributed by atoms with Crippen molar-refractivity contribution in [2.45, 2.75) is 4.90 Å². The molecule has 0 aliphatic rings. The highest BCUT2D eigenvalue weighted by Crippen LogP contribution is 1.96. The number of nitrogens with two attached hydrogens (primary N) is 1. The van der Waals surface area contributed by atoms with E-state index in [-0.39, 0.29) is 4.90 Å². The van der Waals surface area contributed by atoms with Crippen LogP contribution >= 0.6 is 0 Å². The van der Waals surface area contributed by atoms with Crippen molar-refractivity contribution < 1.29 is 8.42 Å². The molecule has 0 aromatic carbocycles. The lowest BCUT2D eigenvalue weighted by Gasteiger charge is -1.99. The van der Waals surface area contributed by atoms with E-state index in [2.05, 4.69) is 0 Å². The van der Waals surface area contributed by atoms with Gasteiger partial charge in [-0.2, -0.15) is 0 Å². The van der Waals surface area contributed by atoms with E-state index >= 15 is 0 Å². The highest BCUT2D eigenvalue weighted by molar-refractivity contribution is 7.89. The van der Waals surface area contributed by atoms with Gasteiger partial charge in [0.2, 0.25) is 10.0 Å². The van der Waals surface area contributed by atoms with Gasteiger partial charge in [0.25, 0.3) is 5.56 Å². The third-order valence-corrected chi connectivity index (χ3v) is 2.32. The lowest BCUT2D eigenvalue weighted by Crippen LogP contribution is -2.26. The minimum atomic E-state index is -3.89. The third-order valence-electron chi connectivity index (χ3n) is 1.39. The van der Waals surface area contributed by atoms with Crippen molar-refractivity contribution in [2.75, 3.05) is 0 Å². The lowest BCUT2D eigenvalue weighted by molar-refractivity contribution is 0.595. The van der Waals surface area contributed by atoms with Crippen molar-refractivity contribution in [3.8, 4) is 0 Å². The molecule has 12 heavy (non-hydrogen) atoms. The molecule has 0 radical (unpaired) electrons. The van der Waals surface area contributed by atoms with Gasteiger partial charge in [-0.15, -0.1) is 0 Å². The van der Waals surface area contributed by atoms with Gasteiger partial charge in [0.15, 0.2) is 0 Å². The molecule has 0 bridgehead atoms. The smallest absolute Gasteiger partial charge is 0.270 e. The maximum Gasteiger partial charge on any atom is 0.270 e. The Morgan fingerprint density at radius 1 is 1.50 bits per heavy atom. The van der Waals surface area contributed by atoms with Gasteiger partial charge in [-0.25, -0.2) is 13.6 Å². The summed E-state index contributed by atoms with van der Waals surface area (Å²) >= 11 is 0. The molecule has 0 spiro atoms. The number of sulfonamides is 1. The summed E-state index contributed by atoms with van der Waals surface area (Å²) in [4.78, 5) is 10.7. The quantitative estimate of drug-likeness (QED) is 0.615. The van der Waals surface area contributed by atoms with Crippen molar-refractivity contribution in [1.82, 2.24) is 4.57 Å². The van der Waals surface area contributed by atoms with Gasteiger partial charge in [0, 0.05) is 13.2 Å². The van der Waals surface area contributed by atoms with Gasteiger partial charge in [-0.1, -0.05) is 0 Å². The monoisotopic (exact) mass is 188 g/mol. The Bertz CT molecular complexity index is 446. The normalized spacial score (nSPS) is 11.5. The number of nitrogens with zero attached hydrogens (tertiary/aromatic N) is 1. The van der Waals surface area contributed by atoms with E-state index in [0.29, 0.717) is 0 Å². The molecule has 0 atom stereocenters. The number of rotatable bonds is 1. The Balaban J connectivity index is 3.59. The molecule has 1 aromatic heterocycles. The highest BCUT2D eigenvalue weighted by Gasteiger charge is 2.12. The number of hydrogen-bond donors (Lipinski definition) is 1. The molecule has 1 aromatic rings. The molecule has 2 N–H and O–H groups in total. The number of hydrogen-bond acceptors (Lipinski definition) is 3. The standard InChI is InChI=1S/C6H8N2O3S/c1-8-4-2-3-5(6(8)9)12(7,10)11/h2-4H,1H3,(H2,7,10,11). The van der Waals surface area contributed by atoms with Crippen LogP contribution in [0.5, 0.6) is 0 Å². The van der Waals surface area contributed by atoms with Crippen LogP contribution in [0.25, 0.3) is 0 Å². The molecule has 6 heteroatoms. The van der Waals surface area contributed by atoms with Crippen LogP contribution in [0.1, 0.15) is 0 Å². The van der Waals surface area contributed by atoms with Crippen molar-refractivity contribution in [3.05, 3.63) is 28.7 Å². The van der Waals surface area contributed by atoms with Crippen molar-refractivity contribution in [2.24, 2.45) is 12.2 Å². The number of aryl methyl sites for hydroxylation is 1. The van der Waals surface area contributed by atoms with E-state index in [4.69, 9.17) is 5.14 Å². The average Bonchev–Trinajstić information content (AvgIpc) is 1.92. The first-order valence-corrected chi connectivity index (χ1v) is 4.66. The van der Waals surface area contributed by atoms with Gasteiger partial charge >= 0.3 is 0 Å². The SMILES string of the molecule is Cn1cccc(S(N)(=O)=O)c1=O.